The van der Waals surface area contributed by atoms with Crippen LogP contribution in [0.5, 0.6) is 5.75 Å². The van der Waals surface area contributed by atoms with Gasteiger partial charge in [-0.1, -0.05) is 13.3 Å². The minimum atomic E-state index is -0.375. The zero-order valence-corrected chi connectivity index (χ0v) is 11.1. The lowest BCUT2D eigenvalue weighted by atomic mass is 10.3. The van der Waals surface area contributed by atoms with Crippen LogP contribution in [0.1, 0.15) is 19.8 Å². The van der Waals surface area contributed by atoms with Crippen molar-refractivity contribution in [2.45, 2.75) is 26.3 Å². The fraction of sp³-hybridized carbons (Fsp3) is 0.583. The molecule has 0 unspecified atom stereocenters. The standard InChI is InChI=1S/C12H20N4O3/c1-2-3-5-14-11(17)9-16-12(18)7-10(8-15-16)19-6-4-13/h7-8H,2-6,9,13H2,1H3,(H,14,17). The number of hydrogen-bond acceptors (Lipinski definition) is 5. The van der Waals surface area contributed by atoms with Gasteiger partial charge in [0.15, 0.2) is 0 Å². The summed E-state index contributed by atoms with van der Waals surface area (Å²) in [7, 11) is 0. The molecule has 0 aromatic carbocycles. The first-order chi connectivity index (χ1) is 9.17. The Balaban J connectivity index is 2.54. The van der Waals surface area contributed by atoms with Gasteiger partial charge in [0.1, 0.15) is 18.9 Å². The molecule has 0 aliphatic carbocycles. The number of carbonyl (C=O) groups excluding carboxylic acids is 1. The number of amides is 1. The second-order valence-corrected chi connectivity index (χ2v) is 4.03. The molecule has 1 amide bonds. The zero-order chi connectivity index (χ0) is 14.1. The number of nitrogens with one attached hydrogen (secondary N) is 1. The Labute approximate surface area is 111 Å². The highest BCUT2D eigenvalue weighted by molar-refractivity contribution is 5.75. The van der Waals surface area contributed by atoms with E-state index in [1.165, 1.54) is 12.3 Å². The van der Waals surface area contributed by atoms with Gasteiger partial charge in [0, 0.05) is 19.2 Å². The molecule has 0 aliphatic heterocycles. The number of aromatic nitrogens is 2. The van der Waals surface area contributed by atoms with Crippen molar-refractivity contribution < 1.29 is 9.53 Å². The summed E-state index contributed by atoms with van der Waals surface area (Å²) in [6.45, 7) is 3.26. The smallest absolute Gasteiger partial charge is 0.270 e. The van der Waals surface area contributed by atoms with E-state index in [0.717, 1.165) is 17.5 Å². The number of ether oxygens (including phenoxy) is 1. The fourth-order valence-electron chi connectivity index (χ4n) is 1.39. The molecular weight excluding hydrogens is 248 g/mol. The summed E-state index contributed by atoms with van der Waals surface area (Å²) < 4.78 is 6.27. The Kier molecular flexibility index (Phi) is 6.59. The number of carbonyl (C=O) groups is 1. The van der Waals surface area contributed by atoms with Crippen LogP contribution in [0.15, 0.2) is 17.1 Å². The molecule has 106 valence electrons. The van der Waals surface area contributed by atoms with E-state index in [4.69, 9.17) is 10.5 Å². The minimum Gasteiger partial charge on any atom is -0.490 e. The van der Waals surface area contributed by atoms with Crippen LogP contribution in [-0.4, -0.2) is 35.4 Å². The van der Waals surface area contributed by atoms with Crippen molar-refractivity contribution in [1.29, 1.82) is 0 Å². The molecule has 0 atom stereocenters. The molecule has 1 heterocycles. The van der Waals surface area contributed by atoms with Gasteiger partial charge in [0.25, 0.3) is 5.56 Å². The fourth-order valence-corrected chi connectivity index (χ4v) is 1.39. The van der Waals surface area contributed by atoms with Gasteiger partial charge in [-0.15, -0.1) is 0 Å². The SMILES string of the molecule is CCCCNC(=O)Cn1ncc(OCCN)cc1=O. The first-order valence-corrected chi connectivity index (χ1v) is 6.34. The van der Waals surface area contributed by atoms with Crippen molar-refractivity contribution in [3.8, 4) is 5.75 Å². The average Bonchev–Trinajstić information content (AvgIpc) is 2.39. The lowest BCUT2D eigenvalue weighted by molar-refractivity contribution is -0.121. The van der Waals surface area contributed by atoms with E-state index in [0.29, 0.717) is 25.4 Å². The van der Waals surface area contributed by atoms with Gasteiger partial charge < -0.3 is 15.8 Å². The molecule has 7 heteroatoms. The Morgan fingerprint density at radius 3 is 3.00 bits per heavy atom. The van der Waals surface area contributed by atoms with E-state index in [-0.39, 0.29) is 18.0 Å². The first-order valence-electron chi connectivity index (χ1n) is 6.34. The molecule has 1 aromatic rings. The molecule has 0 fully saturated rings. The van der Waals surface area contributed by atoms with Crippen molar-refractivity contribution in [1.82, 2.24) is 15.1 Å². The van der Waals surface area contributed by atoms with Crippen molar-refractivity contribution >= 4 is 5.91 Å². The molecular formula is C12H20N4O3. The third kappa shape index (κ3) is 5.52. The monoisotopic (exact) mass is 268 g/mol. The van der Waals surface area contributed by atoms with Crippen LogP contribution in [0, 0.1) is 0 Å². The molecule has 19 heavy (non-hydrogen) atoms. The lowest BCUT2D eigenvalue weighted by Gasteiger charge is -2.07. The molecule has 0 bridgehead atoms. The number of hydrogen-bond donors (Lipinski definition) is 2. The van der Waals surface area contributed by atoms with E-state index in [9.17, 15) is 9.59 Å². The average molecular weight is 268 g/mol. The summed E-state index contributed by atoms with van der Waals surface area (Å²) in [4.78, 5) is 23.2. The molecule has 0 saturated heterocycles. The van der Waals surface area contributed by atoms with E-state index in [2.05, 4.69) is 10.4 Å². The lowest BCUT2D eigenvalue weighted by Crippen LogP contribution is -2.33. The van der Waals surface area contributed by atoms with E-state index in [1.807, 2.05) is 6.92 Å². The third-order valence-electron chi connectivity index (χ3n) is 2.38. The molecule has 7 nitrogen and oxygen atoms in total. The largest absolute Gasteiger partial charge is 0.490 e. The maximum absolute atomic E-state index is 11.7. The molecule has 0 aliphatic rings. The number of unbranched alkanes of at least 4 members (excludes halogenated alkanes) is 1. The van der Waals surface area contributed by atoms with Gasteiger partial charge >= 0.3 is 0 Å². The van der Waals surface area contributed by atoms with Gasteiger partial charge in [0.05, 0.1) is 6.20 Å². The molecule has 1 rings (SSSR count). The predicted molar refractivity (Wildman–Crippen MR) is 71.0 cm³/mol. The normalized spacial score (nSPS) is 10.2. The summed E-state index contributed by atoms with van der Waals surface area (Å²) >= 11 is 0. The van der Waals surface area contributed by atoms with Crippen LogP contribution >= 0.6 is 0 Å². The summed E-state index contributed by atoms with van der Waals surface area (Å²) in [6, 6.07) is 1.29. The van der Waals surface area contributed by atoms with Crippen LogP contribution < -0.4 is 21.3 Å². The molecule has 3 N–H and O–H groups in total. The Bertz CT molecular complexity index is 459. The van der Waals surface area contributed by atoms with Crippen molar-refractivity contribution in [3.05, 3.63) is 22.6 Å². The van der Waals surface area contributed by atoms with Crippen LogP contribution in [0.3, 0.4) is 0 Å². The summed E-state index contributed by atoms with van der Waals surface area (Å²) in [5.41, 5.74) is 4.91. The van der Waals surface area contributed by atoms with Gasteiger partial charge in [-0.2, -0.15) is 5.10 Å². The van der Waals surface area contributed by atoms with Gasteiger partial charge in [0.2, 0.25) is 5.91 Å². The second kappa shape index (κ2) is 8.25. The van der Waals surface area contributed by atoms with Gasteiger partial charge in [-0.3, -0.25) is 9.59 Å². The molecule has 1 aromatic heterocycles. The predicted octanol–water partition coefficient (Wildman–Crippen LogP) is -0.503. The first kappa shape index (κ1) is 15.2. The van der Waals surface area contributed by atoms with Crippen LogP contribution in [0.4, 0.5) is 0 Å². The summed E-state index contributed by atoms with van der Waals surface area (Å²) in [5, 5.41) is 6.60. The number of nitrogens with zero attached hydrogens (tertiary/aromatic N) is 2. The summed E-state index contributed by atoms with van der Waals surface area (Å²) in [6.07, 6.45) is 3.32. The highest BCUT2D eigenvalue weighted by Gasteiger charge is 2.06. The van der Waals surface area contributed by atoms with E-state index in [1.54, 1.807) is 0 Å². The van der Waals surface area contributed by atoms with Gasteiger partial charge in [-0.05, 0) is 6.42 Å². The zero-order valence-electron chi connectivity index (χ0n) is 11.1. The highest BCUT2D eigenvalue weighted by Crippen LogP contribution is 2.02. The van der Waals surface area contributed by atoms with Gasteiger partial charge in [-0.25, -0.2) is 4.68 Å². The Morgan fingerprint density at radius 2 is 2.37 bits per heavy atom. The van der Waals surface area contributed by atoms with Crippen LogP contribution in [0.2, 0.25) is 0 Å². The maximum atomic E-state index is 11.7. The topological polar surface area (TPSA) is 99.2 Å². The Hall–Kier alpha value is -1.89. The van der Waals surface area contributed by atoms with E-state index < -0.39 is 0 Å². The minimum absolute atomic E-state index is 0.0836. The highest BCUT2D eigenvalue weighted by atomic mass is 16.5. The molecule has 0 radical (unpaired) electrons. The summed E-state index contributed by atoms with van der Waals surface area (Å²) in [5.74, 6) is 0.136. The van der Waals surface area contributed by atoms with E-state index >= 15 is 0 Å². The van der Waals surface area contributed by atoms with Crippen molar-refractivity contribution in [2.75, 3.05) is 19.7 Å². The molecule has 0 spiro atoms. The maximum Gasteiger partial charge on any atom is 0.270 e. The quantitative estimate of drug-likeness (QED) is 0.619. The third-order valence-corrected chi connectivity index (χ3v) is 2.38. The number of rotatable bonds is 8. The second-order valence-electron chi connectivity index (χ2n) is 4.03. The Morgan fingerprint density at radius 1 is 1.58 bits per heavy atom. The molecule has 0 saturated carbocycles. The van der Waals surface area contributed by atoms with Crippen LogP contribution in [0.25, 0.3) is 0 Å². The van der Waals surface area contributed by atoms with Crippen molar-refractivity contribution in [2.24, 2.45) is 5.73 Å². The van der Waals surface area contributed by atoms with Crippen LogP contribution in [-0.2, 0) is 11.3 Å². The number of nitrogens with two attached hydrogens (primary N) is 1. The van der Waals surface area contributed by atoms with Crippen molar-refractivity contribution in [3.63, 3.8) is 0 Å².